The number of hydrogen-bond donors (Lipinski definition) is 0. The second-order valence-corrected chi connectivity index (χ2v) is 7.55. The molecule has 0 spiro atoms. The number of nitrogens with zero attached hydrogens (tertiary/aromatic N) is 2. The van der Waals surface area contributed by atoms with E-state index in [2.05, 4.69) is 0 Å². The first kappa shape index (κ1) is 15.9. The number of ether oxygens (including phenoxy) is 2. The van der Waals surface area contributed by atoms with E-state index in [1.54, 1.807) is 4.31 Å². The van der Waals surface area contributed by atoms with Gasteiger partial charge in [-0.1, -0.05) is 30.3 Å². The van der Waals surface area contributed by atoms with E-state index in [9.17, 15) is 8.42 Å². The maximum atomic E-state index is 12.9. The van der Waals surface area contributed by atoms with Crippen LogP contribution in [0.2, 0.25) is 0 Å². The summed E-state index contributed by atoms with van der Waals surface area (Å²) in [5, 5.41) is 0. The molecule has 122 valence electrons. The van der Waals surface area contributed by atoms with Crippen LogP contribution in [-0.4, -0.2) is 62.5 Å². The maximum absolute atomic E-state index is 12.9. The lowest BCUT2D eigenvalue weighted by Gasteiger charge is -2.40. The fourth-order valence-electron chi connectivity index (χ4n) is 2.85. The van der Waals surface area contributed by atoms with Crippen molar-refractivity contribution in [3.63, 3.8) is 0 Å². The van der Waals surface area contributed by atoms with Gasteiger partial charge in [0.1, 0.15) is 0 Å². The Kier molecular flexibility index (Phi) is 4.79. The van der Waals surface area contributed by atoms with Gasteiger partial charge in [-0.05, 0) is 12.5 Å². The van der Waals surface area contributed by atoms with Gasteiger partial charge in [0, 0.05) is 25.7 Å². The summed E-state index contributed by atoms with van der Waals surface area (Å²) < 4.78 is 39.9. The van der Waals surface area contributed by atoms with E-state index in [-0.39, 0.29) is 12.1 Å². The Morgan fingerprint density at radius 3 is 2.50 bits per heavy atom. The molecule has 6 nitrogen and oxygen atoms in total. The van der Waals surface area contributed by atoms with E-state index >= 15 is 0 Å². The van der Waals surface area contributed by atoms with E-state index in [1.807, 2.05) is 37.3 Å². The molecular formula is C15H22N2O4S. The monoisotopic (exact) mass is 326 g/mol. The first-order chi connectivity index (χ1) is 10.6. The Balaban J connectivity index is 1.79. The highest BCUT2D eigenvalue weighted by Crippen LogP contribution is 2.28. The van der Waals surface area contributed by atoms with Gasteiger partial charge >= 0.3 is 0 Å². The highest BCUT2D eigenvalue weighted by Gasteiger charge is 2.39. The largest absolute Gasteiger partial charge is 0.379 e. The van der Waals surface area contributed by atoms with Crippen LogP contribution in [0, 0.1) is 0 Å². The molecule has 1 aromatic rings. The predicted molar refractivity (Wildman–Crippen MR) is 82.6 cm³/mol. The fourth-order valence-corrected chi connectivity index (χ4v) is 4.60. The molecule has 0 radical (unpaired) electrons. The first-order valence-corrected chi connectivity index (χ1v) is 9.00. The minimum atomic E-state index is -3.47. The smallest absolute Gasteiger partial charge is 0.282 e. The molecule has 2 fully saturated rings. The van der Waals surface area contributed by atoms with Crippen molar-refractivity contribution >= 4 is 10.2 Å². The van der Waals surface area contributed by atoms with Crippen molar-refractivity contribution in [2.45, 2.75) is 19.1 Å². The van der Waals surface area contributed by atoms with Crippen LogP contribution in [0.15, 0.2) is 30.3 Å². The second kappa shape index (κ2) is 6.64. The summed E-state index contributed by atoms with van der Waals surface area (Å²) in [5.41, 5.74) is 1.01. The second-order valence-electron chi connectivity index (χ2n) is 5.67. The van der Waals surface area contributed by atoms with Crippen molar-refractivity contribution in [3.8, 4) is 0 Å². The molecule has 2 aliphatic heterocycles. The van der Waals surface area contributed by atoms with E-state index in [0.29, 0.717) is 39.5 Å². The van der Waals surface area contributed by atoms with Crippen LogP contribution in [0.1, 0.15) is 18.6 Å². The quantitative estimate of drug-likeness (QED) is 0.832. The highest BCUT2D eigenvalue weighted by atomic mass is 32.2. The van der Waals surface area contributed by atoms with Crippen LogP contribution >= 0.6 is 0 Å². The summed E-state index contributed by atoms with van der Waals surface area (Å²) in [6.07, 6.45) is -0.215. The minimum absolute atomic E-state index is 0.159. The Labute approximate surface area is 131 Å². The lowest BCUT2D eigenvalue weighted by molar-refractivity contribution is -0.0321. The van der Waals surface area contributed by atoms with Crippen LogP contribution in [0.4, 0.5) is 0 Å². The van der Waals surface area contributed by atoms with Gasteiger partial charge in [0.05, 0.1) is 25.9 Å². The lowest BCUT2D eigenvalue weighted by atomic mass is 10.1. The third-order valence-electron chi connectivity index (χ3n) is 4.14. The van der Waals surface area contributed by atoms with Crippen LogP contribution < -0.4 is 0 Å². The topological polar surface area (TPSA) is 59.1 Å². The SMILES string of the molecule is C[C@H]1CO[C@H](c2ccccc2)CN1S(=O)(=O)N1CCOCC1. The molecule has 0 unspecified atom stereocenters. The Hall–Kier alpha value is -0.990. The average molecular weight is 326 g/mol. The molecule has 2 saturated heterocycles. The zero-order valence-electron chi connectivity index (χ0n) is 12.7. The molecule has 3 rings (SSSR count). The zero-order valence-corrected chi connectivity index (χ0v) is 13.5. The third kappa shape index (κ3) is 3.18. The van der Waals surface area contributed by atoms with Crippen LogP contribution in [0.25, 0.3) is 0 Å². The molecule has 0 aromatic heterocycles. The summed E-state index contributed by atoms with van der Waals surface area (Å²) >= 11 is 0. The summed E-state index contributed by atoms with van der Waals surface area (Å²) in [4.78, 5) is 0. The van der Waals surface area contributed by atoms with Crippen molar-refractivity contribution in [1.82, 2.24) is 8.61 Å². The van der Waals surface area contributed by atoms with E-state index in [1.165, 1.54) is 4.31 Å². The first-order valence-electron chi connectivity index (χ1n) is 7.60. The van der Waals surface area contributed by atoms with Gasteiger partial charge in [0.25, 0.3) is 10.2 Å². The highest BCUT2D eigenvalue weighted by molar-refractivity contribution is 7.86. The van der Waals surface area contributed by atoms with Crippen LogP contribution in [-0.2, 0) is 19.7 Å². The molecule has 7 heteroatoms. The molecule has 2 atom stereocenters. The van der Waals surface area contributed by atoms with Gasteiger partial charge < -0.3 is 9.47 Å². The van der Waals surface area contributed by atoms with Gasteiger partial charge in [-0.3, -0.25) is 0 Å². The van der Waals surface area contributed by atoms with Crippen LogP contribution in [0.3, 0.4) is 0 Å². The Morgan fingerprint density at radius 2 is 1.82 bits per heavy atom. The standard InChI is InChI=1S/C15H22N2O4S/c1-13-12-21-15(14-5-3-2-4-6-14)11-17(13)22(18,19)16-7-9-20-10-8-16/h2-6,13,15H,7-12H2,1H3/t13-,15-/m0/s1. The molecule has 0 aliphatic carbocycles. The fraction of sp³-hybridized carbons (Fsp3) is 0.600. The van der Waals surface area contributed by atoms with Crippen molar-refractivity contribution in [2.75, 3.05) is 39.5 Å². The Morgan fingerprint density at radius 1 is 1.14 bits per heavy atom. The normalized spacial score (nSPS) is 28.6. The average Bonchev–Trinajstić information content (AvgIpc) is 2.57. The summed E-state index contributed by atoms with van der Waals surface area (Å²) in [6.45, 7) is 4.40. The van der Waals surface area contributed by atoms with Gasteiger partial charge in [0.2, 0.25) is 0 Å². The van der Waals surface area contributed by atoms with E-state index in [4.69, 9.17) is 9.47 Å². The minimum Gasteiger partial charge on any atom is -0.379 e. The summed E-state index contributed by atoms with van der Waals surface area (Å²) in [6, 6.07) is 9.61. The van der Waals surface area contributed by atoms with Crippen molar-refractivity contribution < 1.29 is 17.9 Å². The molecule has 0 saturated carbocycles. The molecular weight excluding hydrogens is 304 g/mol. The van der Waals surface area contributed by atoms with Crippen LogP contribution in [0.5, 0.6) is 0 Å². The Bertz CT molecular complexity index is 587. The summed E-state index contributed by atoms with van der Waals surface area (Å²) in [5.74, 6) is 0. The van der Waals surface area contributed by atoms with Crippen molar-refractivity contribution in [3.05, 3.63) is 35.9 Å². The molecule has 0 amide bonds. The third-order valence-corrected chi connectivity index (χ3v) is 6.26. The molecule has 0 bridgehead atoms. The molecule has 22 heavy (non-hydrogen) atoms. The van der Waals surface area contributed by atoms with E-state index in [0.717, 1.165) is 5.56 Å². The van der Waals surface area contributed by atoms with Gasteiger partial charge in [-0.15, -0.1) is 0 Å². The number of rotatable bonds is 3. The molecule has 0 N–H and O–H groups in total. The summed E-state index contributed by atoms with van der Waals surface area (Å²) in [7, 11) is -3.47. The van der Waals surface area contributed by atoms with Crippen molar-refractivity contribution in [1.29, 1.82) is 0 Å². The van der Waals surface area contributed by atoms with E-state index < -0.39 is 10.2 Å². The van der Waals surface area contributed by atoms with Gasteiger partial charge in [-0.2, -0.15) is 17.0 Å². The number of morpholine rings is 2. The molecule has 2 aliphatic rings. The van der Waals surface area contributed by atoms with Crippen molar-refractivity contribution in [2.24, 2.45) is 0 Å². The number of hydrogen-bond acceptors (Lipinski definition) is 4. The molecule has 1 aromatic carbocycles. The predicted octanol–water partition coefficient (Wildman–Crippen LogP) is 1.03. The maximum Gasteiger partial charge on any atom is 0.282 e. The molecule has 2 heterocycles. The number of benzene rings is 1. The lowest BCUT2D eigenvalue weighted by Crippen LogP contribution is -2.55. The zero-order chi connectivity index (χ0) is 15.6. The van der Waals surface area contributed by atoms with Gasteiger partial charge in [-0.25, -0.2) is 0 Å². The van der Waals surface area contributed by atoms with Gasteiger partial charge in [0.15, 0.2) is 0 Å².